The summed E-state index contributed by atoms with van der Waals surface area (Å²) in [6.07, 6.45) is 10.5. The predicted molar refractivity (Wildman–Crippen MR) is 64.5 cm³/mol. The minimum atomic E-state index is 0.262. The van der Waals surface area contributed by atoms with Gasteiger partial charge in [0.15, 0.2) is 5.78 Å². The average Bonchev–Trinajstić information content (AvgIpc) is 2.79. The lowest BCUT2D eigenvalue weighted by Crippen LogP contribution is -2.05. The van der Waals surface area contributed by atoms with Crippen LogP contribution in [0.3, 0.4) is 0 Å². The van der Waals surface area contributed by atoms with Crippen molar-refractivity contribution >= 4 is 5.78 Å². The Morgan fingerprint density at radius 2 is 2.19 bits per heavy atom. The van der Waals surface area contributed by atoms with Crippen LogP contribution in [0.25, 0.3) is 0 Å². The van der Waals surface area contributed by atoms with Crippen LogP contribution in [-0.4, -0.2) is 10.8 Å². The van der Waals surface area contributed by atoms with E-state index in [1.807, 2.05) is 13.0 Å². The Hall–Kier alpha value is -1.18. The number of hydrogen-bond donors (Lipinski definition) is 0. The van der Waals surface area contributed by atoms with Crippen molar-refractivity contribution in [3.63, 3.8) is 0 Å². The van der Waals surface area contributed by atoms with Crippen molar-refractivity contribution in [3.05, 3.63) is 29.6 Å². The fraction of sp³-hybridized carbons (Fsp3) is 0.571. The van der Waals surface area contributed by atoms with Gasteiger partial charge in [0, 0.05) is 24.4 Å². The number of carbonyl (C=O) groups excluding carboxylic acids is 1. The van der Waals surface area contributed by atoms with Crippen molar-refractivity contribution in [1.82, 2.24) is 4.98 Å². The molecule has 1 fully saturated rings. The monoisotopic (exact) mass is 217 g/mol. The van der Waals surface area contributed by atoms with Gasteiger partial charge in [0.2, 0.25) is 0 Å². The molecule has 1 saturated carbocycles. The molecule has 0 radical (unpaired) electrons. The van der Waals surface area contributed by atoms with Crippen molar-refractivity contribution in [3.8, 4) is 0 Å². The standard InChI is InChI=1S/C14H19NO/c1-11-8-9-15-10-13(11)14(16)7-6-12-4-2-3-5-12/h8-10,12H,2-7H2,1H3. The van der Waals surface area contributed by atoms with Crippen molar-refractivity contribution in [2.75, 3.05) is 0 Å². The highest BCUT2D eigenvalue weighted by Gasteiger charge is 2.17. The number of Topliss-reactive ketones (excluding diaryl/α,β-unsaturated/α-hetero) is 1. The Balaban J connectivity index is 1.90. The molecule has 2 rings (SSSR count). The molecule has 86 valence electrons. The molecular formula is C14H19NO. The van der Waals surface area contributed by atoms with Gasteiger partial charge in [0.25, 0.3) is 0 Å². The number of aryl methyl sites for hydroxylation is 1. The molecule has 0 unspecified atom stereocenters. The van der Waals surface area contributed by atoms with Crippen LogP contribution in [0.5, 0.6) is 0 Å². The molecule has 1 aliphatic rings. The molecule has 1 aromatic heterocycles. The van der Waals surface area contributed by atoms with Crippen LogP contribution in [0.2, 0.25) is 0 Å². The number of ketones is 1. The summed E-state index contributed by atoms with van der Waals surface area (Å²) in [5.74, 6) is 1.05. The quantitative estimate of drug-likeness (QED) is 0.722. The van der Waals surface area contributed by atoms with E-state index in [0.29, 0.717) is 6.42 Å². The SMILES string of the molecule is Cc1ccncc1C(=O)CCC1CCCC1. The van der Waals surface area contributed by atoms with Gasteiger partial charge in [0.05, 0.1) is 0 Å². The molecule has 2 heteroatoms. The van der Waals surface area contributed by atoms with Crippen molar-refractivity contribution in [2.45, 2.75) is 45.4 Å². The van der Waals surface area contributed by atoms with Gasteiger partial charge >= 0.3 is 0 Å². The predicted octanol–water partition coefficient (Wildman–Crippen LogP) is 3.54. The summed E-state index contributed by atoms with van der Waals surface area (Å²) in [7, 11) is 0. The fourth-order valence-corrected chi connectivity index (χ4v) is 2.52. The molecule has 1 heterocycles. The maximum absolute atomic E-state index is 12.0. The van der Waals surface area contributed by atoms with Gasteiger partial charge < -0.3 is 0 Å². The van der Waals surface area contributed by atoms with Crippen LogP contribution >= 0.6 is 0 Å². The smallest absolute Gasteiger partial charge is 0.164 e. The first kappa shape index (κ1) is 11.3. The van der Waals surface area contributed by atoms with Crippen molar-refractivity contribution < 1.29 is 4.79 Å². The van der Waals surface area contributed by atoms with Crippen LogP contribution in [0.15, 0.2) is 18.5 Å². The van der Waals surface area contributed by atoms with Gasteiger partial charge in [-0.3, -0.25) is 9.78 Å². The van der Waals surface area contributed by atoms with E-state index in [1.54, 1.807) is 12.4 Å². The third-order valence-corrected chi connectivity index (χ3v) is 3.59. The molecule has 0 amide bonds. The van der Waals surface area contributed by atoms with Gasteiger partial charge in [-0.15, -0.1) is 0 Å². The first-order valence-corrected chi connectivity index (χ1v) is 6.21. The highest BCUT2D eigenvalue weighted by Crippen LogP contribution is 2.29. The second-order valence-electron chi connectivity index (χ2n) is 4.80. The summed E-state index contributed by atoms with van der Waals surface area (Å²) in [5.41, 5.74) is 1.85. The Morgan fingerprint density at radius 1 is 1.44 bits per heavy atom. The van der Waals surface area contributed by atoms with E-state index in [2.05, 4.69) is 4.98 Å². The van der Waals surface area contributed by atoms with E-state index < -0.39 is 0 Å². The molecule has 0 bridgehead atoms. The third-order valence-electron chi connectivity index (χ3n) is 3.59. The van der Waals surface area contributed by atoms with E-state index in [4.69, 9.17) is 0 Å². The van der Waals surface area contributed by atoms with Gasteiger partial charge in [-0.1, -0.05) is 25.7 Å². The van der Waals surface area contributed by atoms with Crippen molar-refractivity contribution in [1.29, 1.82) is 0 Å². The molecule has 0 spiro atoms. The topological polar surface area (TPSA) is 30.0 Å². The summed E-state index contributed by atoms with van der Waals surface area (Å²) in [6.45, 7) is 1.98. The lowest BCUT2D eigenvalue weighted by molar-refractivity contribution is 0.0973. The zero-order valence-electron chi connectivity index (χ0n) is 9.91. The Kier molecular flexibility index (Phi) is 3.70. The molecule has 0 atom stereocenters. The summed E-state index contributed by atoms with van der Waals surface area (Å²) < 4.78 is 0. The Morgan fingerprint density at radius 3 is 2.88 bits per heavy atom. The van der Waals surface area contributed by atoms with Gasteiger partial charge in [-0.2, -0.15) is 0 Å². The maximum Gasteiger partial charge on any atom is 0.164 e. The van der Waals surface area contributed by atoms with E-state index in [-0.39, 0.29) is 5.78 Å². The number of nitrogens with zero attached hydrogens (tertiary/aromatic N) is 1. The normalized spacial score (nSPS) is 16.6. The second kappa shape index (κ2) is 5.24. The second-order valence-corrected chi connectivity index (χ2v) is 4.80. The van der Waals surface area contributed by atoms with Gasteiger partial charge in [0.1, 0.15) is 0 Å². The van der Waals surface area contributed by atoms with E-state index in [9.17, 15) is 4.79 Å². The van der Waals surface area contributed by atoms with E-state index >= 15 is 0 Å². The fourth-order valence-electron chi connectivity index (χ4n) is 2.52. The zero-order chi connectivity index (χ0) is 11.4. The minimum Gasteiger partial charge on any atom is -0.294 e. The largest absolute Gasteiger partial charge is 0.294 e. The molecule has 2 nitrogen and oxygen atoms in total. The molecule has 0 N–H and O–H groups in total. The molecule has 0 aromatic carbocycles. The zero-order valence-corrected chi connectivity index (χ0v) is 9.91. The number of hydrogen-bond acceptors (Lipinski definition) is 2. The highest BCUT2D eigenvalue weighted by atomic mass is 16.1. The van der Waals surface area contributed by atoms with Crippen molar-refractivity contribution in [2.24, 2.45) is 5.92 Å². The molecule has 0 aliphatic heterocycles. The van der Waals surface area contributed by atoms with Crippen LogP contribution < -0.4 is 0 Å². The van der Waals surface area contributed by atoms with Gasteiger partial charge in [-0.25, -0.2) is 0 Å². The summed E-state index contributed by atoms with van der Waals surface area (Å²) in [4.78, 5) is 16.0. The number of rotatable bonds is 4. The third kappa shape index (κ3) is 2.69. The van der Waals surface area contributed by atoms with E-state index in [1.165, 1.54) is 25.7 Å². The molecular weight excluding hydrogens is 198 g/mol. The molecule has 0 saturated heterocycles. The Bertz CT molecular complexity index is 367. The molecule has 1 aromatic rings. The highest BCUT2D eigenvalue weighted by molar-refractivity contribution is 5.97. The number of aromatic nitrogens is 1. The summed E-state index contributed by atoms with van der Waals surface area (Å²) in [6, 6.07) is 1.91. The lowest BCUT2D eigenvalue weighted by atomic mass is 9.97. The lowest BCUT2D eigenvalue weighted by Gasteiger charge is -2.08. The molecule has 16 heavy (non-hydrogen) atoms. The summed E-state index contributed by atoms with van der Waals surface area (Å²) >= 11 is 0. The van der Waals surface area contributed by atoms with E-state index in [0.717, 1.165) is 23.5 Å². The first-order chi connectivity index (χ1) is 7.77. The first-order valence-electron chi connectivity index (χ1n) is 6.21. The maximum atomic E-state index is 12.0. The van der Waals surface area contributed by atoms with Gasteiger partial charge in [-0.05, 0) is 30.9 Å². The van der Waals surface area contributed by atoms with Crippen LogP contribution in [0, 0.1) is 12.8 Å². The average molecular weight is 217 g/mol. The molecule has 1 aliphatic carbocycles. The number of pyridine rings is 1. The number of carbonyl (C=O) groups is 1. The van der Waals surface area contributed by atoms with Crippen LogP contribution in [0.1, 0.15) is 54.4 Å². The summed E-state index contributed by atoms with van der Waals surface area (Å²) in [5, 5.41) is 0. The Labute approximate surface area is 97.1 Å². The van der Waals surface area contributed by atoms with Crippen LogP contribution in [0.4, 0.5) is 0 Å². The minimum absolute atomic E-state index is 0.262. The van der Waals surface area contributed by atoms with Crippen LogP contribution in [-0.2, 0) is 0 Å².